The maximum Gasteiger partial charge on any atom is 0.355 e. The van der Waals surface area contributed by atoms with E-state index in [0.717, 1.165) is 6.07 Å². The predicted molar refractivity (Wildman–Crippen MR) is 99.8 cm³/mol. The number of nitrogens with one attached hydrogen (secondary N) is 3. The zero-order valence-corrected chi connectivity index (χ0v) is 16.7. The van der Waals surface area contributed by atoms with Crippen LogP contribution >= 0.6 is 0 Å². The molecular formula is C19H18F3N3O6. The number of methoxy groups -OCH3 is 1. The number of rotatable bonds is 7. The van der Waals surface area contributed by atoms with Gasteiger partial charge in [-0.3, -0.25) is 9.59 Å². The van der Waals surface area contributed by atoms with Crippen molar-refractivity contribution in [3.63, 3.8) is 0 Å². The molecule has 1 aromatic heterocycles. The third-order valence-corrected chi connectivity index (χ3v) is 4.12. The predicted octanol–water partition coefficient (Wildman–Crippen LogP) is 1.75. The molecule has 9 nitrogen and oxygen atoms in total. The summed E-state index contributed by atoms with van der Waals surface area (Å²) in [6.07, 6.45) is 0. The van der Waals surface area contributed by atoms with E-state index >= 15 is 0 Å². The minimum Gasteiger partial charge on any atom is -0.465 e. The Balaban J connectivity index is 1.87. The van der Waals surface area contributed by atoms with Crippen molar-refractivity contribution in [1.82, 2.24) is 10.3 Å². The van der Waals surface area contributed by atoms with Crippen molar-refractivity contribution >= 4 is 29.4 Å². The average Bonchev–Trinajstić information content (AvgIpc) is 3.04. The number of aromatic nitrogens is 1. The van der Waals surface area contributed by atoms with Crippen LogP contribution in [0.2, 0.25) is 0 Å². The molecule has 166 valence electrons. The monoisotopic (exact) mass is 441 g/mol. The molecule has 12 heteroatoms. The molecule has 0 aliphatic heterocycles. The first kappa shape index (κ1) is 23.4. The second-order valence-corrected chi connectivity index (χ2v) is 6.24. The Kier molecular flexibility index (Phi) is 7.40. The Hall–Kier alpha value is -3.83. The first-order chi connectivity index (χ1) is 14.6. The number of hydrogen-bond acceptors (Lipinski definition) is 6. The molecule has 0 aliphatic carbocycles. The van der Waals surface area contributed by atoms with Crippen LogP contribution in [-0.4, -0.2) is 49.0 Å². The van der Waals surface area contributed by atoms with Gasteiger partial charge in [0.1, 0.15) is 5.69 Å². The van der Waals surface area contributed by atoms with Crippen LogP contribution in [0.3, 0.4) is 0 Å². The van der Waals surface area contributed by atoms with E-state index in [1.54, 1.807) is 6.92 Å². The third-order valence-electron chi connectivity index (χ3n) is 4.12. The summed E-state index contributed by atoms with van der Waals surface area (Å²) in [6.45, 7) is 1.64. The molecule has 0 atom stereocenters. The van der Waals surface area contributed by atoms with Crippen molar-refractivity contribution in [2.24, 2.45) is 0 Å². The Labute approximate surface area is 173 Å². The molecule has 0 fully saturated rings. The van der Waals surface area contributed by atoms with Gasteiger partial charge in [-0.2, -0.15) is 0 Å². The Morgan fingerprint density at radius 2 is 1.68 bits per heavy atom. The number of aryl methyl sites for hydroxylation is 1. The second kappa shape index (κ2) is 9.78. The van der Waals surface area contributed by atoms with Crippen LogP contribution in [0.1, 0.15) is 32.1 Å². The van der Waals surface area contributed by atoms with Gasteiger partial charge in [-0.15, -0.1) is 0 Å². The topological polar surface area (TPSA) is 127 Å². The van der Waals surface area contributed by atoms with E-state index in [0.29, 0.717) is 11.8 Å². The Morgan fingerprint density at radius 3 is 2.32 bits per heavy atom. The molecule has 2 amide bonds. The van der Waals surface area contributed by atoms with Crippen LogP contribution < -0.4 is 10.6 Å². The highest BCUT2D eigenvalue weighted by Gasteiger charge is 2.24. The SMILES string of the molecule is COC(=O)c1c(C)[nH]c(C(=O)OCC(=O)NCC(=O)Nc2ccc(F)c(F)c2F)c1C. The maximum atomic E-state index is 13.5. The third kappa shape index (κ3) is 5.41. The van der Waals surface area contributed by atoms with Crippen molar-refractivity contribution in [3.05, 3.63) is 52.1 Å². The fraction of sp³-hybridized carbons (Fsp3) is 0.263. The van der Waals surface area contributed by atoms with E-state index in [1.165, 1.54) is 14.0 Å². The van der Waals surface area contributed by atoms with Gasteiger partial charge in [0.2, 0.25) is 5.91 Å². The summed E-state index contributed by atoms with van der Waals surface area (Å²) in [5.74, 6) is -8.11. The summed E-state index contributed by atoms with van der Waals surface area (Å²) in [6, 6.07) is 1.44. The molecule has 0 saturated carbocycles. The average molecular weight is 441 g/mol. The number of aromatic amines is 1. The van der Waals surface area contributed by atoms with Crippen molar-refractivity contribution in [2.75, 3.05) is 25.6 Å². The second-order valence-electron chi connectivity index (χ2n) is 6.24. The number of amides is 2. The minimum atomic E-state index is -1.75. The molecule has 0 aliphatic rings. The van der Waals surface area contributed by atoms with Gasteiger partial charge in [-0.25, -0.2) is 22.8 Å². The number of ether oxygens (including phenoxy) is 2. The molecule has 0 bridgehead atoms. The molecule has 2 rings (SSSR count). The lowest BCUT2D eigenvalue weighted by Gasteiger charge is -2.09. The summed E-state index contributed by atoms with van der Waals surface area (Å²) in [5.41, 5.74) is 0.172. The molecule has 2 aromatic rings. The number of esters is 2. The normalized spacial score (nSPS) is 10.4. The fourth-order valence-corrected chi connectivity index (χ4v) is 2.61. The van der Waals surface area contributed by atoms with E-state index in [4.69, 9.17) is 4.74 Å². The summed E-state index contributed by atoms with van der Waals surface area (Å²) in [5, 5.41) is 4.08. The van der Waals surface area contributed by atoms with Gasteiger partial charge in [0.25, 0.3) is 5.91 Å². The van der Waals surface area contributed by atoms with Crippen LogP contribution in [-0.2, 0) is 19.1 Å². The zero-order chi connectivity index (χ0) is 23.3. The molecule has 0 radical (unpaired) electrons. The molecule has 0 unspecified atom stereocenters. The number of hydrogen-bond donors (Lipinski definition) is 3. The first-order valence-electron chi connectivity index (χ1n) is 8.71. The molecular weight excluding hydrogens is 423 g/mol. The molecule has 0 saturated heterocycles. The number of benzene rings is 1. The fourth-order valence-electron chi connectivity index (χ4n) is 2.61. The number of carbonyl (C=O) groups is 4. The Morgan fingerprint density at radius 1 is 1.00 bits per heavy atom. The lowest BCUT2D eigenvalue weighted by Crippen LogP contribution is -2.35. The van der Waals surface area contributed by atoms with E-state index in [-0.39, 0.29) is 16.8 Å². The van der Waals surface area contributed by atoms with Gasteiger partial charge >= 0.3 is 11.9 Å². The van der Waals surface area contributed by atoms with Gasteiger partial charge in [0.15, 0.2) is 24.1 Å². The summed E-state index contributed by atoms with van der Waals surface area (Å²) in [7, 11) is 1.19. The maximum absolute atomic E-state index is 13.5. The highest BCUT2D eigenvalue weighted by Crippen LogP contribution is 2.20. The number of H-pyrrole nitrogens is 1. The lowest BCUT2D eigenvalue weighted by atomic mass is 10.1. The van der Waals surface area contributed by atoms with Gasteiger partial charge in [-0.05, 0) is 31.5 Å². The quantitative estimate of drug-likeness (QED) is 0.444. The van der Waals surface area contributed by atoms with Crippen molar-refractivity contribution in [3.8, 4) is 0 Å². The number of halogens is 3. The first-order valence-corrected chi connectivity index (χ1v) is 8.71. The number of anilines is 1. The number of carbonyl (C=O) groups excluding carboxylic acids is 4. The largest absolute Gasteiger partial charge is 0.465 e. The van der Waals surface area contributed by atoms with Crippen molar-refractivity contribution in [2.45, 2.75) is 13.8 Å². The van der Waals surface area contributed by atoms with Crippen LogP contribution in [0.25, 0.3) is 0 Å². The van der Waals surface area contributed by atoms with Gasteiger partial charge in [0.05, 0.1) is 24.9 Å². The highest BCUT2D eigenvalue weighted by molar-refractivity contribution is 5.99. The van der Waals surface area contributed by atoms with E-state index < -0.39 is 60.0 Å². The highest BCUT2D eigenvalue weighted by atomic mass is 19.2. The van der Waals surface area contributed by atoms with Crippen molar-refractivity contribution in [1.29, 1.82) is 0 Å². The lowest BCUT2D eigenvalue weighted by molar-refractivity contribution is -0.126. The van der Waals surface area contributed by atoms with E-state index in [2.05, 4.69) is 15.0 Å². The van der Waals surface area contributed by atoms with Crippen LogP contribution in [0.15, 0.2) is 12.1 Å². The van der Waals surface area contributed by atoms with E-state index in [9.17, 15) is 32.3 Å². The van der Waals surface area contributed by atoms with Gasteiger partial charge in [0, 0.05) is 5.69 Å². The standard InChI is InChI=1S/C19H18F3N3O6/c1-8-14(18(28)30-3)9(2)24-17(8)19(29)31-7-13(27)23-6-12(26)25-11-5-4-10(20)15(21)16(11)22/h4-5,24H,6-7H2,1-3H3,(H,23,27)(H,25,26). The van der Waals surface area contributed by atoms with Crippen LogP contribution in [0, 0.1) is 31.3 Å². The van der Waals surface area contributed by atoms with Gasteiger partial charge < -0.3 is 25.1 Å². The van der Waals surface area contributed by atoms with E-state index in [1.807, 2.05) is 5.32 Å². The molecule has 3 N–H and O–H groups in total. The molecule has 31 heavy (non-hydrogen) atoms. The molecule has 0 spiro atoms. The van der Waals surface area contributed by atoms with Crippen LogP contribution in [0.5, 0.6) is 0 Å². The molecule has 1 heterocycles. The van der Waals surface area contributed by atoms with Gasteiger partial charge in [-0.1, -0.05) is 0 Å². The summed E-state index contributed by atoms with van der Waals surface area (Å²) < 4.78 is 49.0. The minimum absolute atomic E-state index is 0.0442. The smallest absolute Gasteiger partial charge is 0.355 e. The Bertz CT molecular complexity index is 1050. The summed E-state index contributed by atoms with van der Waals surface area (Å²) >= 11 is 0. The zero-order valence-electron chi connectivity index (χ0n) is 16.7. The van der Waals surface area contributed by atoms with Crippen molar-refractivity contribution < 1.29 is 41.8 Å². The molecule has 1 aromatic carbocycles. The van der Waals surface area contributed by atoms with Crippen LogP contribution in [0.4, 0.5) is 18.9 Å². The summed E-state index contributed by atoms with van der Waals surface area (Å²) in [4.78, 5) is 50.1.